The lowest BCUT2D eigenvalue weighted by molar-refractivity contribution is 0.174. The van der Waals surface area contributed by atoms with Crippen LogP contribution in [0.4, 0.5) is 13.6 Å². The first-order valence-electron chi connectivity index (χ1n) is 9.58. The number of hydrogen-bond donors (Lipinski definition) is 2. The Bertz CT molecular complexity index is 1240. The molecule has 0 fully saturated rings. The smallest absolute Gasteiger partial charge is 0.404 e. The van der Waals surface area contributed by atoms with E-state index < -0.39 is 45.0 Å². The molecule has 11 heteroatoms. The van der Waals surface area contributed by atoms with Crippen molar-refractivity contribution < 1.29 is 27.1 Å². The molecule has 0 aliphatic carbocycles. The molecule has 8 nitrogen and oxygen atoms in total. The van der Waals surface area contributed by atoms with E-state index in [9.17, 15) is 22.7 Å². The summed E-state index contributed by atoms with van der Waals surface area (Å²) in [5, 5.41) is 11.5. The van der Waals surface area contributed by atoms with E-state index in [1.165, 1.54) is 30.5 Å². The monoisotopic (exact) mass is 464 g/mol. The lowest BCUT2D eigenvalue weighted by atomic mass is 9.83. The fraction of sp³-hybridized carbons (Fsp3) is 0.286. The number of halogens is 2. The molecule has 170 valence electrons. The Morgan fingerprint density at radius 2 is 1.91 bits per heavy atom. The number of pyridine rings is 2. The molecule has 0 radical (unpaired) electrons. The Morgan fingerprint density at radius 1 is 1.22 bits per heavy atom. The van der Waals surface area contributed by atoms with Crippen LogP contribution in [0.25, 0.3) is 11.3 Å². The van der Waals surface area contributed by atoms with Crippen LogP contribution >= 0.6 is 0 Å². The Balaban J connectivity index is 2.23. The second kappa shape index (κ2) is 8.65. The van der Waals surface area contributed by atoms with Gasteiger partial charge in [0.2, 0.25) is 5.95 Å². The van der Waals surface area contributed by atoms with Crippen LogP contribution in [0.2, 0.25) is 0 Å². The molecule has 0 aliphatic heterocycles. The number of hydrogen-bond acceptors (Lipinski definition) is 5. The topological polar surface area (TPSA) is 114 Å². The summed E-state index contributed by atoms with van der Waals surface area (Å²) in [6.45, 7) is 5.28. The standard InChI is InChI=1S/C21H22F2N4O4S/c1-21(2,3)16(26-20(28)29)10-13-12-27(32(30,31)14-6-4-8-24-11-14)18(17(13)22)15-7-5-9-25-19(15)23/h4-9,11-12,16,26H,10H2,1-3H3,(H,28,29). The molecule has 0 bridgehead atoms. The van der Waals surface area contributed by atoms with E-state index in [1.807, 2.05) is 0 Å². The van der Waals surface area contributed by atoms with Crippen molar-refractivity contribution in [1.29, 1.82) is 0 Å². The van der Waals surface area contributed by atoms with Crippen molar-refractivity contribution in [2.24, 2.45) is 5.41 Å². The van der Waals surface area contributed by atoms with Gasteiger partial charge >= 0.3 is 6.09 Å². The number of carbonyl (C=O) groups is 1. The Hall–Kier alpha value is -3.34. The lowest BCUT2D eigenvalue weighted by Gasteiger charge is -2.30. The van der Waals surface area contributed by atoms with Gasteiger partial charge < -0.3 is 10.4 Å². The molecule has 0 saturated carbocycles. The second-order valence-corrected chi connectivity index (χ2v) is 10.0. The van der Waals surface area contributed by atoms with Crippen molar-refractivity contribution >= 4 is 16.1 Å². The summed E-state index contributed by atoms with van der Waals surface area (Å²) in [6.07, 6.45) is 3.22. The Morgan fingerprint density at radius 3 is 2.47 bits per heavy atom. The summed E-state index contributed by atoms with van der Waals surface area (Å²) in [5.74, 6) is -2.03. The molecular weight excluding hydrogens is 442 g/mol. The van der Waals surface area contributed by atoms with Crippen molar-refractivity contribution in [2.45, 2.75) is 38.1 Å². The van der Waals surface area contributed by atoms with Gasteiger partial charge in [-0.15, -0.1) is 0 Å². The van der Waals surface area contributed by atoms with E-state index in [0.717, 1.165) is 18.6 Å². The summed E-state index contributed by atoms with van der Waals surface area (Å²) in [5.41, 5.74) is -1.58. The fourth-order valence-corrected chi connectivity index (χ4v) is 4.56. The van der Waals surface area contributed by atoms with Crippen LogP contribution in [0.1, 0.15) is 26.3 Å². The van der Waals surface area contributed by atoms with Gasteiger partial charge in [0.15, 0.2) is 5.82 Å². The summed E-state index contributed by atoms with van der Waals surface area (Å²) < 4.78 is 57.3. The van der Waals surface area contributed by atoms with Gasteiger partial charge in [-0.1, -0.05) is 20.8 Å². The van der Waals surface area contributed by atoms with Crippen LogP contribution in [-0.2, 0) is 16.4 Å². The fourth-order valence-electron chi connectivity index (χ4n) is 3.20. The van der Waals surface area contributed by atoms with Crippen LogP contribution in [-0.4, -0.2) is 39.6 Å². The summed E-state index contributed by atoms with van der Waals surface area (Å²) in [4.78, 5) is 18.3. The molecule has 3 heterocycles. The van der Waals surface area contributed by atoms with Crippen LogP contribution < -0.4 is 5.32 Å². The van der Waals surface area contributed by atoms with Crippen molar-refractivity contribution in [3.05, 3.63) is 66.4 Å². The Kier molecular flexibility index (Phi) is 6.31. The van der Waals surface area contributed by atoms with Gasteiger partial charge in [0.25, 0.3) is 10.0 Å². The molecule has 2 N–H and O–H groups in total. The third kappa shape index (κ3) is 4.62. The molecule has 1 amide bonds. The number of carboxylic acid groups (broad SMARTS) is 1. The third-order valence-electron chi connectivity index (χ3n) is 4.96. The second-order valence-electron chi connectivity index (χ2n) is 8.22. The van der Waals surface area contributed by atoms with E-state index in [4.69, 9.17) is 0 Å². The minimum atomic E-state index is -4.35. The molecule has 1 unspecified atom stereocenters. The maximum Gasteiger partial charge on any atom is 0.404 e. The van der Waals surface area contributed by atoms with Gasteiger partial charge in [0.05, 0.1) is 5.56 Å². The van der Waals surface area contributed by atoms with Crippen molar-refractivity contribution in [3.63, 3.8) is 0 Å². The first-order valence-corrected chi connectivity index (χ1v) is 11.0. The van der Waals surface area contributed by atoms with E-state index >= 15 is 4.39 Å². The normalized spacial score (nSPS) is 13.0. The maximum atomic E-state index is 15.6. The largest absolute Gasteiger partial charge is 0.465 e. The summed E-state index contributed by atoms with van der Waals surface area (Å²) >= 11 is 0. The number of nitrogens with zero attached hydrogens (tertiary/aromatic N) is 3. The lowest BCUT2D eigenvalue weighted by Crippen LogP contribution is -2.44. The van der Waals surface area contributed by atoms with Gasteiger partial charge in [-0.2, -0.15) is 4.39 Å². The molecule has 3 aromatic heterocycles. The quantitative estimate of drug-likeness (QED) is 0.538. The zero-order valence-corrected chi connectivity index (χ0v) is 18.4. The molecule has 0 aliphatic rings. The molecule has 0 saturated heterocycles. The van der Waals surface area contributed by atoms with Crippen LogP contribution in [0.15, 0.2) is 53.9 Å². The number of rotatable bonds is 6. The van der Waals surface area contributed by atoms with Gasteiger partial charge in [-0.05, 0) is 36.1 Å². The van der Waals surface area contributed by atoms with E-state index in [1.54, 1.807) is 20.8 Å². The van der Waals surface area contributed by atoms with Crippen molar-refractivity contribution in [1.82, 2.24) is 19.3 Å². The highest BCUT2D eigenvalue weighted by atomic mass is 32.2. The highest BCUT2D eigenvalue weighted by molar-refractivity contribution is 7.90. The third-order valence-corrected chi connectivity index (χ3v) is 6.60. The van der Waals surface area contributed by atoms with Crippen molar-refractivity contribution in [2.75, 3.05) is 0 Å². The summed E-state index contributed by atoms with van der Waals surface area (Å²) in [7, 11) is -4.35. The average Bonchev–Trinajstić information content (AvgIpc) is 3.04. The van der Waals surface area contributed by atoms with Crippen LogP contribution in [0, 0.1) is 17.2 Å². The maximum absolute atomic E-state index is 15.6. The molecule has 3 aromatic rings. The SMILES string of the molecule is CC(C)(C)C(Cc1cn(S(=O)(=O)c2cccnc2)c(-c2cccnc2F)c1F)NC(=O)O. The molecule has 3 rings (SSSR count). The minimum absolute atomic E-state index is 0.0932. The Labute approximate surface area is 184 Å². The minimum Gasteiger partial charge on any atom is -0.465 e. The van der Waals surface area contributed by atoms with Gasteiger partial charge in [0.1, 0.15) is 10.6 Å². The molecule has 0 aromatic carbocycles. The highest BCUT2D eigenvalue weighted by Crippen LogP contribution is 2.33. The molecule has 0 spiro atoms. The van der Waals surface area contributed by atoms with Gasteiger partial charge in [-0.25, -0.2) is 26.6 Å². The molecular formula is C21H22F2N4O4S. The predicted octanol–water partition coefficient (Wildman–Crippen LogP) is 3.69. The number of nitrogens with one attached hydrogen (secondary N) is 1. The van der Waals surface area contributed by atoms with E-state index in [-0.39, 0.29) is 22.4 Å². The molecule has 1 atom stereocenters. The van der Waals surface area contributed by atoms with Gasteiger partial charge in [-0.3, -0.25) is 4.98 Å². The average molecular weight is 464 g/mol. The van der Waals surface area contributed by atoms with Crippen LogP contribution in [0.5, 0.6) is 0 Å². The first-order chi connectivity index (χ1) is 14.9. The molecule has 32 heavy (non-hydrogen) atoms. The van der Waals surface area contributed by atoms with Gasteiger partial charge in [0, 0.05) is 36.4 Å². The van der Waals surface area contributed by atoms with Crippen LogP contribution in [0.3, 0.4) is 0 Å². The first kappa shape index (κ1) is 23.3. The summed E-state index contributed by atoms with van der Waals surface area (Å²) in [6, 6.07) is 4.52. The number of amides is 1. The van der Waals surface area contributed by atoms with E-state index in [2.05, 4.69) is 15.3 Å². The number of aromatic nitrogens is 3. The zero-order chi connectivity index (χ0) is 23.7. The van der Waals surface area contributed by atoms with Crippen molar-refractivity contribution in [3.8, 4) is 11.3 Å². The highest BCUT2D eigenvalue weighted by Gasteiger charge is 2.32. The zero-order valence-electron chi connectivity index (χ0n) is 17.6. The predicted molar refractivity (Wildman–Crippen MR) is 113 cm³/mol. The van der Waals surface area contributed by atoms with E-state index in [0.29, 0.717) is 3.97 Å².